The molecule has 0 amide bonds. The average Bonchev–Trinajstić information content (AvgIpc) is 2.09. The van der Waals surface area contributed by atoms with Gasteiger partial charge in [-0.3, -0.25) is 4.79 Å². The van der Waals surface area contributed by atoms with Gasteiger partial charge in [0.25, 0.3) is 0 Å². The van der Waals surface area contributed by atoms with Crippen molar-refractivity contribution in [3.63, 3.8) is 0 Å². The molecule has 0 N–H and O–H groups in total. The molecule has 1 aromatic carbocycles. The number of rotatable bonds is 2. The van der Waals surface area contributed by atoms with Gasteiger partial charge in [0, 0.05) is 5.56 Å². The van der Waals surface area contributed by atoms with Crippen LogP contribution in [0.3, 0.4) is 0 Å². The van der Waals surface area contributed by atoms with Gasteiger partial charge in [0.2, 0.25) is 0 Å². The van der Waals surface area contributed by atoms with E-state index in [1.165, 1.54) is 5.56 Å². The maximum Gasteiger partial charge on any atom is 0.150 e. The van der Waals surface area contributed by atoms with Crippen LogP contribution in [0.5, 0.6) is 0 Å². The van der Waals surface area contributed by atoms with Gasteiger partial charge >= 0.3 is 0 Å². The fourth-order valence-corrected chi connectivity index (χ4v) is 1.09. The van der Waals surface area contributed by atoms with Crippen molar-refractivity contribution in [3.8, 4) is 0 Å². The summed E-state index contributed by atoms with van der Waals surface area (Å²) in [6.45, 7) is 4.00. The molecule has 0 bridgehead atoms. The molecule has 0 aliphatic heterocycles. The standard InChI is InChI=1S/C11H12O/c1-3-4-11-7-10(8-12)6-5-9(11)2/h3-8H,1-2H3/b4-3-. The molecule has 0 aliphatic carbocycles. The van der Waals surface area contributed by atoms with Gasteiger partial charge in [0.05, 0.1) is 0 Å². The quantitative estimate of drug-likeness (QED) is 0.608. The molecule has 12 heavy (non-hydrogen) atoms. The Bertz CT molecular complexity index is 311. The molecule has 0 unspecified atom stereocenters. The third kappa shape index (κ3) is 1.82. The summed E-state index contributed by atoms with van der Waals surface area (Å²) in [7, 11) is 0. The van der Waals surface area contributed by atoms with E-state index in [0.29, 0.717) is 0 Å². The fraction of sp³-hybridized carbons (Fsp3) is 0.182. The molecule has 0 aromatic heterocycles. The first kappa shape index (κ1) is 8.72. The maximum atomic E-state index is 10.5. The second kappa shape index (κ2) is 3.86. The number of carbonyl (C=O) groups is 1. The molecular formula is C11H12O. The predicted octanol–water partition coefficient (Wildman–Crippen LogP) is 2.84. The zero-order valence-electron chi connectivity index (χ0n) is 7.37. The Balaban J connectivity index is 3.16. The van der Waals surface area contributed by atoms with Crippen LogP contribution in [-0.2, 0) is 0 Å². The lowest BCUT2D eigenvalue weighted by molar-refractivity contribution is 0.112. The normalized spacial score (nSPS) is 10.5. The Morgan fingerprint density at radius 1 is 1.33 bits per heavy atom. The highest BCUT2D eigenvalue weighted by Crippen LogP contribution is 2.11. The summed E-state index contributed by atoms with van der Waals surface area (Å²) < 4.78 is 0. The van der Waals surface area contributed by atoms with E-state index in [1.807, 2.05) is 44.2 Å². The van der Waals surface area contributed by atoms with Gasteiger partial charge in [-0.2, -0.15) is 0 Å². The second-order valence-corrected chi connectivity index (χ2v) is 2.73. The van der Waals surface area contributed by atoms with E-state index in [0.717, 1.165) is 17.4 Å². The Hall–Kier alpha value is -1.37. The highest BCUT2D eigenvalue weighted by molar-refractivity contribution is 5.76. The van der Waals surface area contributed by atoms with Crippen molar-refractivity contribution in [2.24, 2.45) is 0 Å². The molecule has 0 saturated carbocycles. The molecule has 0 atom stereocenters. The Morgan fingerprint density at radius 2 is 2.08 bits per heavy atom. The Kier molecular flexibility index (Phi) is 2.81. The molecule has 1 heteroatoms. The molecule has 0 spiro atoms. The lowest BCUT2D eigenvalue weighted by atomic mass is 10.1. The van der Waals surface area contributed by atoms with Crippen molar-refractivity contribution in [1.29, 1.82) is 0 Å². The number of carbonyl (C=O) groups excluding carboxylic acids is 1. The average molecular weight is 160 g/mol. The summed E-state index contributed by atoms with van der Waals surface area (Å²) >= 11 is 0. The number of aldehydes is 1. The number of hydrogen-bond donors (Lipinski definition) is 0. The Morgan fingerprint density at radius 3 is 2.67 bits per heavy atom. The largest absolute Gasteiger partial charge is 0.298 e. The van der Waals surface area contributed by atoms with Crippen LogP contribution >= 0.6 is 0 Å². The Labute approximate surface area is 72.7 Å². The van der Waals surface area contributed by atoms with Crippen LogP contribution in [0.15, 0.2) is 24.3 Å². The van der Waals surface area contributed by atoms with E-state index in [1.54, 1.807) is 0 Å². The zero-order valence-corrected chi connectivity index (χ0v) is 7.37. The van der Waals surface area contributed by atoms with Crippen LogP contribution in [0, 0.1) is 6.92 Å². The van der Waals surface area contributed by atoms with Crippen LogP contribution in [-0.4, -0.2) is 6.29 Å². The topological polar surface area (TPSA) is 17.1 Å². The first-order valence-electron chi connectivity index (χ1n) is 3.96. The van der Waals surface area contributed by atoms with Gasteiger partial charge in [-0.25, -0.2) is 0 Å². The first-order chi connectivity index (χ1) is 5.77. The van der Waals surface area contributed by atoms with Crippen LogP contribution in [0.25, 0.3) is 6.08 Å². The minimum absolute atomic E-state index is 0.730. The third-order valence-electron chi connectivity index (χ3n) is 1.79. The molecule has 0 saturated heterocycles. The lowest BCUT2D eigenvalue weighted by Crippen LogP contribution is -1.84. The minimum atomic E-state index is 0.730. The van der Waals surface area contributed by atoms with Crippen molar-refractivity contribution >= 4 is 12.4 Å². The number of allylic oxidation sites excluding steroid dienone is 1. The first-order valence-corrected chi connectivity index (χ1v) is 3.96. The lowest BCUT2D eigenvalue weighted by Gasteiger charge is -1.99. The SMILES string of the molecule is C/C=C\c1cc(C=O)ccc1C. The van der Waals surface area contributed by atoms with Gasteiger partial charge in [-0.05, 0) is 31.0 Å². The van der Waals surface area contributed by atoms with Gasteiger partial charge in [0.1, 0.15) is 6.29 Å². The monoisotopic (exact) mass is 160 g/mol. The minimum Gasteiger partial charge on any atom is -0.298 e. The van der Waals surface area contributed by atoms with Crippen LogP contribution in [0.1, 0.15) is 28.4 Å². The summed E-state index contributed by atoms with van der Waals surface area (Å²) in [6, 6.07) is 5.68. The fourth-order valence-electron chi connectivity index (χ4n) is 1.09. The van der Waals surface area contributed by atoms with E-state index in [-0.39, 0.29) is 0 Å². The molecule has 1 nitrogen and oxygen atoms in total. The summed E-state index contributed by atoms with van der Waals surface area (Å²) in [5, 5.41) is 0. The summed E-state index contributed by atoms with van der Waals surface area (Å²) in [4.78, 5) is 10.5. The summed E-state index contributed by atoms with van der Waals surface area (Å²) in [5.41, 5.74) is 3.04. The molecule has 0 fully saturated rings. The predicted molar refractivity (Wildman–Crippen MR) is 51.3 cm³/mol. The molecule has 0 heterocycles. The smallest absolute Gasteiger partial charge is 0.150 e. The van der Waals surface area contributed by atoms with E-state index in [9.17, 15) is 4.79 Å². The van der Waals surface area contributed by atoms with Crippen LogP contribution in [0.2, 0.25) is 0 Å². The third-order valence-corrected chi connectivity index (χ3v) is 1.79. The summed E-state index contributed by atoms with van der Waals surface area (Å²) in [6.07, 6.45) is 4.84. The molecule has 1 aromatic rings. The molecule has 1 rings (SSSR count). The molecule has 0 aliphatic rings. The van der Waals surface area contributed by atoms with Gasteiger partial charge in [0.15, 0.2) is 0 Å². The molecule has 0 radical (unpaired) electrons. The van der Waals surface area contributed by atoms with Crippen molar-refractivity contribution in [2.75, 3.05) is 0 Å². The summed E-state index contributed by atoms with van der Waals surface area (Å²) in [5.74, 6) is 0. The van der Waals surface area contributed by atoms with Crippen molar-refractivity contribution in [2.45, 2.75) is 13.8 Å². The highest BCUT2D eigenvalue weighted by atomic mass is 16.1. The molecular weight excluding hydrogens is 148 g/mol. The zero-order chi connectivity index (χ0) is 8.97. The maximum absolute atomic E-state index is 10.5. The van der Waals surface area contributed by atoms with Crippen LogP contribution in [0.4, 0.5) is 0 Å². The van der Waals surface area contributed by atoms with Crippen molar-refractivity contribution < 1.29 is 4.79 Å². The van der Waals surface area contributed by atoms with E-state index >= 15 is 0 Å². The van der Waals surface area contributed by atoms with Crippen molar-refractivity contribution in [1.82, 2.24) is 0 Å². The number of benzene rings is 1. The number of aryl methyl sites for hydroxylation is 1. The van der Waals surface area contributed by atoms with Crippen LogP contribution < -0.4 is 0 Å². The second-order valence-electron chi connectivity index (χ2n) is 2.73. The van der Waals surface area contributed by atoms with E-state index in [4.69, 9.17) is 0 Å². The number of hydrogen-bond acceptors (Lipinski definition) is 1. The highest BCUT2D eigenvalue weighted by Gasteiger charge is 1.95. The van der Waals surface area contributed by atoms with Gasteiger partial charge in [-0.1, -0.05) is 24.3 Å². The van der Waals surface area contributed by atoms with Gasteiger partial charge in [-0.15, -0.1) is 0 Å². The van der Waals surface area contributed by atoms with E-state index < -0.39 is 0 Å². The van der Waals surface area contributed by atoms with E-state index in [2.05, 4.69) is 0 Å². The van der Waals surface area contributed by atoms with Crippen molar-refractivity contribution in [3.05, 3.63) is 41.0 Å². The van der Waals surface area contributed by atoms with Gasteiger partial charge < -0.3 is 0 Å². The molecule has 62 valence electrons.